The summed E-state index contributed by atoms with van der Waals surface area (Å²) in [4.78, 5) is 26.3. The summed E-state index contributed by atoms with van der Waals surface area (Å²) in [5.41, 5.74) is 3.03. The average molecular weight is 338 g/mol. The first-order chi connectivity index (χ1) is 12.1. The highest BCUT2D eigenvalue weighted by Crippen LogP contribution is 2.27. The minimum absolute atomic E-state index is 0.0272. The van der Waals surface area contributed by atoms with Gasteiger partial charge >= 0.3 is 0 Å². The van der Waals surface area contributed by atoms with E-state index in [0.29, 0.717) is 13.1 Å². The highest BCUT2D eigenvalue weighted by molar-refractivity contribution is 6.00. The van der Waals surface area contributed by atoms with Crippen LogP contribution in [0.4, 0.5) is 5.69 Å². The number of nitrogens with zero attached hydrogens (tertiary/aromatic N) is 1. The molecule has 2 aromatic carbocycles. The topological polar surface area (TPSA) is 58.6 Å². The van der Waals surface area contributed by atoms with Gasteiger partial charge in [0.25, 0.3) is 0 Å². The second-order valence-electron chi connectivity index (χ2n) is 6.31. The van der Waals surface area contributed by atoms with Crippen molar-refractivity contribution in [1.82, 2.24) is 5.32 Å². The number of anilines is 1. The fourth-order valence-electron chi connectivity index (χ4n) is 2.93. The molecule has 0 spiro atoms. The van der Waals surface area contributed by atoms with Gasteiger partial charge in [0.05, 0.1) is 13.0 Å². The van der Waals surface area contributed by atoms with Gasteiger partial charge in [-0.15, -0.1) is 0 Å². The van der Waals surface area contributed by atoms with Crippen LogP contribution in [0.3, 0.4) is 0 Å². The average Bonchev–Trinajstić information content (AvgIpc) is 3.03. The van der Waals surface area contributed by atoms with Crippen molar-refractivity contribution in [3.63, 3.8) is 0 Å². The zero-order chi connectivity index (χ0) is 17.8. The monoisotopic (exact) mass is 338 g/mol. The lowest BCUT2D eigenvalue weighted by Gasteiger charge is -2.17. The fourth-order valence-corrected chi connectivity index (χ4v) is 2.93. The summed E-state index contributed by atoms with van der Waals surface area (Å²) in [5.74, 6) is 0.313. The molecule has 1 unspecified atom stereocenters. The van der Waals surface area contributed by atoms with Gasteiger partial charge in [-0.2, -0.15) is 0 Å². The number of nitrogens with one attached hydrogen (secondary N) is 1. The Kier molecular flexibility index (Phi) is 5.03. The number of aryl methyl sites for hydroxylation is 1. The number of benzene rings is 2. The molecule has 1 aliphatic heterocycles. The van der Waals surface area contributed by atoms with Gasteiger partial charge < -0.3 is 15.0 Å². The largest absolute Gasteiger partial charge is 0.497 e. The van der Waals surface area contributed by atoms with E-state index in [1.54, 1.807) is 12.0 Å². The van der Waals surface area contributed by atoms with Gasteiger partial charge in [-0.25, -0.2) is 0 Å². The van der Waals surface area contributed by atoms with E-state index in [4.69, 9.17) is 4.74 Å². The van der Waals surface area contributed by atoms with Crippen LogP contribution in [0.25, 0.3) is 0 Å². The van der Waals surface area contributed by atoms with Crippen LogP contribution in [0.2, 0.25) is 0 Å². The Bertz CT molecular complexity index is 754. The molecule has 2 aromatic rings. The van der Waals surface area contributed by atoms with Crippen molar-refractivity contribution < 1.29 is 14.3 Å². The van der Waals surface area contributed by atoms with Crippen molar-refractivity contribution in [2.45, 2.75) is 19.9 Å². The number of carbonyl (C=O) groups is 2. The second-order valence-corrected chi connectivity index (χ2v) is 6.31. The Morgan fingerprint density at radius 3 is 2.48 bits per heavy atom. The van der Waals surface area contributed by atoms with Gasteiger partial charge in [-0.3, -0.25) is 9.59 Å². The van der Waals surface area contributed by atoms with E-state index in [-0.39, 0.29) is 24.2 Å². The second kappa shape index (κ2) is 7.38. The lowest BCUT2D eigenvalue weighted by atomic mass is 10.1. The molecule has 0 radical (unpaired) electrons. The van der Waals surface area contributed by atoms with Crippen molar-refractivity contribution in [3.05, 3.63) is 59.7 Å². The Morgan fingerprint density at radius 2 is 1.84 bits per heavy atom. The van der Waals surface area contributed by atoms with E-state index < -0.39 is 0 Å². The third-order valence-corrected chi connectivity index (χ3v) is 4.47. The molecule has 1 N–H and O–H groups in total. The summed E-state index contributed by atoms with van der Waals surface area (Å²) < 4.78 is 5.13. The van der Waals surface area contributed by atoms with Crippen LogP contribution in [0.1, 0.15) is 17.5 Å². The first-order valence-corrected chi connectivity index (χ1v) is 8.34. The van der Waals surface area contributed by atoms with Crippen molar-refractivity contribution >= 4 is 17.5 Å². The lowest BCUT2D eigenvalue weighted by molar-refractivity contribution is -0.126. The molecule has 1 saturated heterocycles. The van der Waals surface area contributed by atoms with Gasteiger partial charge in [0.2, 0.25) is 11.8 Å². The number of hydrogen-bond donors (Lipinski definition) is 1. The summed E-state index contributed by atoms with van der Waals surface area (Å²) in [5, 5.41) is 2.93. The van der Waals surface area contributed by atoms with Crippen LogP contribution < -0.4 is 15.0 Å². The van der Waals surface area contributed by atoms with Crippen LogP contribution in [-0.2, 0) is 16.1 Å². The predicted molar refractivity (Wildman–Crippen MR) is 96.5 cm³/mol. The zero-order valence-corrected chi connectivity index (χ0v) is 14.5. The molecule has 0 aromatic heterocycles. The smallest absolute Gasteiger partial charge is 0.227 e. The zero-order valence-electron chi connectivity index (χ0n) is 14.5. The van der Waals surface area contributed by atoms with Crippen molar-refractivity contribution in [1.29, 1.82) is 0 Å². The van der Waals surface area contributed by atoms with Crippen LogP contribution in [-0.4, -0.2) is 25.5 Å². The normalized spacial score (nSPS) is 16.8. The molecule has 0 saturated carbocycles. The van der Waals surface area contributed by atoms with Gasteiger partial charge in [-0.1, -0.05) is 29.8 Å². The molecule has 3 rings (SSSR count). The Morgan fingerprint density at radius 1 is 1.16 bits per heavy atom. The maximum atomic E-state index is 12.4. The third-order valence-electron chi connectivity index (χ3n) is 4.47. The van der Waals surface area contributed by atoms with Gasteiger partial charge in [0.1, 0.15) is 5.75 Å². The molecule has 0 aliphatic carbocycles. The van der Waals surface area contributed by atoms with E-state index in [0.717, 1.165) is 17.0 Å². The highest BCUT2D eigenvalue weighted by Gasteiger charge is 2.34. The van der Waals surface area contributed by atoms with Crippen molar-refractivity contribution in [2.24, 2.45) is 5.92 Å². The molecule has 1 aliphatic rings. The van der Waals surface area contributed by atoms with E-state index >= 15 is 0 Å². The SMILES string of the molecule is COc1ccc(N2CC(C(=O)NCc3ccc(C)cc3)CC2=O)cc1. The summed E-state index contributed by atoms with van der Waals surface area (Å²) in [7, 11) is 1.60. The molecule has 5 heteroatoms. The summed E-state index contributed by atoms with van der Waals surface area (Å²) in [6.07, 6.45) is 0.242. The van der Waals surface area contributed by atoms with Gasteiger partial charge in [0.15, 0.2) is 0 Å². The molecule has 1 atom stereocenters. The van der Waals surface area contributed by atoms with E-state index in [2.05, 4.69) is 5.32 Å². The highest BCUT2D eigenvalue weighted by atomic mass is 16.5. The van der Waals surface area contributed by atoms with Crippen LogP contribution in [0.5, 0.6) is 5.75 Å². The maximum absolute atomic E-state index is 12.4. The molecule has 0 bridgehead atoms. The number of ether oxygens (including phenoxy) is 1. The van der Waals surface area contributed by atoms with Crippen molar-refractivity contribution in [3.8, 4) is 5.75 Å². The molecule has 25 heavy (non-hydrogen) atoms. The molecule has 5 nitrogen and oxygen atoms in total. The van der Waals surface area contributed by atoms with E-state index in [9.17, 15) is 9.59 Å². The summed E-state index contributed by atoms with van der Waals surface area (Å²) >= 11 is 0. The molecule has 2 amide bonds. The molecule has 1 heterocycles. The van der Waals surface area contributed by atoms with E-state index in [1.807, 2.05) is 55.5 Å². The van der Waals surface area contributed by atoms with Crippen molar-refractivity contribution in [2.75, 3.05) is 18.6 Å². The molecule has 1 fully saturated rings. The Balaban J connectivity index is 1.59. The first kappa shape index (κ1) is 17.0. The van der Waals surface area contributed by atoms with Gasteiger partial charge in [0, 0.05) is 25.2 Å². The molecule has 130 valence electrons. The maximum Gasteiger partial charge on any atom is 0.227 e. The summed E-state index contributed by atoms with van der Waals surface area (Å²) in [6.45, 7) is 2.91. The molecular formula is C20H22N2O3. The van der Waals surface area contributed by atoms with E-state index in [1.165, 1.54) is 5.56 Å². The van der Waals surface area contributed by atoms with Crippen LogP contribution in [0, 0.1) is 12.8 Å². The quantitative estimate of drug-likeness (QED) is 0.912. The number of rotatable bonds is 5. The minimum atomic E-state index is -0.319. The predicted octanol–water partition coefficient (Wildman–Crippen LogP) is 2.67. The number of methoxy groups -OCH3 is 1. The first-order valence-electron chi connectivity index (χ1n) is 8.34. The van der Waals surface area contributed by atoms with Crippen LogP contribution >= 0.6 is 0 Å². The number of hydrogen-bond acceptors (Lipinski definition) is 3. The molecular weight excluding hydrogens is 316 g/mol. The van der Waals surface area contributed by atoms with Crippen LogP contribution in [0.15, 0.2) is 48.5 Å². The Hall–Kier alpha value is -2.82. The Labute approximate surface area is 147 Å². The lowest BCUT2D eigenvalue weighted by Crippen LogP contribution is -2.32. The fraction of sp³-hybridized carbons (Fsp3) is 0.300. The third kappa shape index (κ3) is 3.99. The standard InChI is InChI=1S/C20H22N2O3/c1-14-3-5-15(6-4-14)12-21-20(24)16-11-19(23)22(13-16)17-7-9-18(25-2)10-8-17/h3-10,16H,11-13H2,1-2H3,(H,21,24). The van der Waals surface area contributed by atoms with Gasteiger partial charge in [-0.05, 0) is 36.8 Å². The number of carbonyl (C=O) groups excluding carboxylic acids is 2. The minimum Gasteiger partial charge on any atom is -0.497 e. The summed E-state index contributed by atoms with van der Waals surface area (Å²) in [6, 6.07) is 15.3. The number of amides is 2.